The highest BCUT2D eigenvalue weighted by molar-refractivity contribution is 7.12. The summed E-state index contributed by atoms with van der Waals surface area (Å²) in [5, 5.41) is 0. The zero-order valence-corrected chi connectivity index (χ0v) is 11.0. The molecule has 2 unspecified atom stereocenters. The lowest BCUT2D eigenvalue weighted by Crippen LogP contribution is -2.26. The molecule has 3 nitrogen and oxygen atoms in total. The Morgan fingerprint density at radius 2 is 2.12 bits per heavy atom. The second-order valence-corrected chi connectivity index (χ2v) is 5.26. The second kappa shape index (κ2) is 7.01. The molecule has 4 heteroatoms. The van der Waals surface area contributed by atoms with Gasteiger partial charge in [-0.3, -0.25) is 0 Å². The smallest absolute Gasteiger partial charge is 0.106 e. The number of ether oxygens (including phenoxy) is 2. The number of aryl methyl sites for hydroxylation is 1. The average molecular weight is 243 g/mol. The summed E-state index contributed by atoms with van der Waals surface area (Å²) in [6, 6.07) is 4.22. The van der Waals surface area contributed by atoms with E-state index in [0.717, 1.165) is 13.0 Å². The highest BCUT2D eigenvalue weighted by atomic mass is 32.1. The van der Waals surface area contributed by atoms with E-state index in [1.165, 1.54) is 9.75 Å². The molecule has 1 heterocycles. The van der Waals surface area contributed by atoms with Crippen molar-refractivity contribution in [1.82, 2.24) is 0 Å². The van der Waals surface area contributed by atoms with Gasteiger partial charge in [-0.2, -0.15) is 0 Å². The van der Waals surface area contributed by atoms with Gasteiger partial charge >= 0.3 is 0 Å². The van der Waals surface area contributed by atoms with Crippen LogP contribution in [0.1, 0.15) is 29.2 Å². The molecule has 0 aliphatic rings. The summed E-state index contributed by atoms with van der Waals surface area (Å²) in [5.74, 6) is 0. The third-order valence-electron chi connectivity index (χ3n) is 2.31. The van der Waals surface area contributed by atoms with Crippen LogP contribution in [0.2, 0.25) is 0 Å². The minimum atomic E-state index is 0.00977. The van der Waals surface area contributed by atoms with Crippen LogP contribution in [-0.4, -0.2) is 26.4 Å². The van der Waals surface area contributed by atoms with E-state index in [2.05, 4.69) is 19.1 Å². The van der Waals surface area contributed by atoms with Gasteiger partial charge in [-0.15, -0.1) is 11.3 Å². The van der Waals surface area contributed by atoms with Crippen LogP contribution in [0.25, 0.3) is 0 Å². The molecule has 0 amide bonds. The molecule has 1 rings (SSSR count). The SMILES string of the molecule is COCCCOC(c1ccc(C)s1)C(C)N. The first-order valence-electron chi connectivity index (χ1n) is 5.57. The zero-order chi connectivity index (χ0) is 12.0. The Labute approximate surface area is 102 Å². The number of hydrogen-bond donors (Lipinski definition) is 1. The van der Waals surface area contributed by atoms with Crippen molar-refractivity contribution >= 4 is 11.3 Å². The largest absolute Gasteiger partial charge is 0.385 e. The summed E-state index contributed by atoms with van der Waals surface area (Å²) in [5.41, 5.74) is 5.94. The lowest BCUT2D eigenvalue weighted by molar-refractivity contribution is 0.0285. The van der Waals surface area contributed by atoms with Gasteiger partial charge in [-0.1, -0.05) is 0 Å². The van der Waals surface area contributed by atoms with E-state index < -0.39 is 0 Å². The Hall–Kier alpha value is -0.420. The number of nitrogens with two attached hydrogens (primary N) is 1. The van der Waals surface area contributed by atoms with Gasteiger partial charge < -0.3 is 15.2 Å². The first-order chi connectivity index (χ1) is 7.65. The average Bonchev–Trinajstić information content (AvgIpc) is 2.64. The van der Waals surface area contributed by atoms with Crippen molar-refractivity contribution < 1.29 is 9.47 Å². The molecule has 0 aliphatic carbocycles. The van der Waals surface area contributed by atoms with Gasteiger partial charge in [0.15, 0.2) is 0 Å². The van der Waals surface area contributed by atoms with Crippen LogP contribution in [0.5, 0.6) is 0 Å². The summed E-state index contributed by atoms with van der Waals surface area (Å²) in [7, 11) is 1.70. The van der Waals surface area contributed by atoms with Gasteiger partial charge in [0.2, 0.25) is 0 Å². The van der Waals surface area contributed by atoms with Crippen molar-refractivity contribution in [3.05, 3.63) is 21.9 Å². The molecule has 2 atom stereocenters. The topological polar surface area (TPSA) is 44.5 Å². The van der Waals surface area contributed by atoms with Crippen molar-refractivity contribution in [3.63, 3.8) is 0 Å². The molecule has 1 aromatic heterocycles. The monoisotopic (exact) mass is 243 g/mol. The second-order valence-electron chi connectivity index (χ2n) is 3.95. The number of methoxy groups -OCH3 is 1. The molecule has 0 saturated heterocycles. The third-order valence-corrected chi connectivity index (χ3v) is 3.37. The Balaban J connectivity index is 2.48. The number of thiophene rings is 1. The fraction of sp³-hybridized carbons (Fsp3) is 0.667. The summed E-state index contributed by atoms with van der Waals surface area (Å²) in [6.07, 6.45) is 0.917. The van der Waals surface area contributed by atoms with Crippen molar-refractivity contribution in [2.45, 2.75) is 32.4 Å². The minimum Gasteiger partial charge on any atom is -0.385 e. The highest BCUT2D eigenvalue weighted by Crippen LogP contribution is 2.27. The maximum Gasteiger partial charge on any atom is 0.106 e. The lowest BCUT2D eigenvalue weighted by Gasteiger charge is -2.20. The van der Waals surface area contributed by atoms with Gasteiger partial charge in [0.05, 0.1) is 0 Å². The quantitative estimate of drug-likeness (QED) is 0.748. The normalized spacial score (nSPS) is 15.0. The van der Waals surface area contributed by atoms with E-state index in [-0.39, 0.29) is 12.1 Å². The van der Waals surface area contributed by atoms with Crippen LogP contribution >= 0.6 is 11.3 Å². The molecule has 0 bridgehead atoms. The highest BCUT2D eigenvalue weighted by Gasteiger charge is 2.18. The minimum absolute atomic E-state index is 0.00977. The van der Waals surface area contributed by atoms with Crippen molar-refractivity contribution in [2.24, 2.45) is 5.73 Å². The standard InChI is InChI=1S/C12H21NO2S/c1-9-5-6-11(16-9)12(10(2)13)15-8-4-7-14-3/h5-6,10,12H,4,7-8,13H2,1-3H3. The van der Waals surface area contributed by atoms with Crippen molar-refractivity contribution in [3.8, 4) is 0 Å². The van der Waals surface area contributed by atoms with E-state index in [1.807, 2.05) is 6.92 Å². The van der Waals surface area contributed by atoms with E-state index in [0.29, 0.717) is 6.61 Å². The van der Waals surface area contributed by atoms with Gasteiger partial charge in [-0.25, -0.2) is 0 Å². The molecule has 0 spiro atoms. The Morgan fingerprint density at radius 3 is 2.62 bits per heavy atom. The Bertz CT molecular complexity index is 299. The van der Waals surface area contributed by atoms with E-state index in [1.54, 1.807) is 18.4 Å². The summed E-state index contributed by atoms with van der Waals surface area (Å²) in [4.78, 5) is 2.51. The van der Waals surface area contributed by atoms with Gasteiger partial charge in [0, 0.05) is 36.1 Å². The van der Waals surface area contributed by atoms with Crippen LogP contribution in [0.4, 0.5) is 0 Å². The summed E-state index contributed by atoms with van der Waals surface area (Å²) < 4.78 is 10.8. The van der Waals surface area contributed by atoms with Gasteiger partial charge in [0.25, 0.3) is 0 Å². The molecule has 0 radical (unpaired) electrons. The van der Waals surface area contributed by atoms with Crippen LogP contribution in [0.3, 0.4) is 0 Å². The fourth-order valence-corrected chi connectivity index (χ4v) is 2.56. The molecule has 16 heavy (non-hydrogen) atoms. The Kier molecular flexibility index (Phi) is 5.98. The molecule has 0 saturated carbocycles. The number of hydrogen-bond acceptors (Lipinski definition) is 4. The first kappa shape index (κ1) is 13.6. The molecule has 0 fully saturated rings. The predicted octanol–water partition coefficient (Wildman–Crippen LogP) is 2.50. The zero-order valence-electron chi connectivity index (χ0n) is 10.2. The summed E-state index contributed by atoms with van der Waals surface area (Å²) >= 11 is 1.75. The molecular weight excluding hydrogens is 222 g/mol. The fourth-order valence-electron chi connectivity index (χ4n) is 1.51. The van der Waals surface area contributed by atoms with E-state index in [9.17, 15) is 0 Å². The summed E-state index contributed by atoms with van der Waals surface area (Å²) in [6.45, 7) is 5.50. The molecule has 92 valence electrons. The third kappa shape index (κ3) is 4.22. The first-order valence-corrected chi connectivity index (χ1v) is 6.39. The molecule has 1 aromatic rings. The van der Waals surface area contributed by atoms with Crippen molar-refractivity contribution in [1.29, 1.82) is 0 Å². The van der Waals surface area contributed by atoms with Crippen LogP contribution in [0, 0.1) is 6.92 Å². The van der Waals surface area contributed by atoms with Crippen molar-refractivity contribution in [2.75, 3.05) is 20.3 Å². The Morgan fingerprint density at radius 1 is 1.38 bits per heavy atom. The molecule has 0 aliphatic heterocycles. The van der Waals surface area contributed by atoms with Gasteiger partial charge in [0.1, 0.15) is 6.10 Å². The molecule has 0 aromatic carbocycles. The maximum absolute atomic E-state index is 5.94. The van der Waals surface area contributed by atoms with E-state index in [4.69, 9.17) is 15.2 Å². The predicted molar refractivity (Wildman–Crippen MR) is 67.9 cm³/mol. The number of rotatable bonds is 7. The van der Waals surface area contributed by atoms with Gasteiger partial charge in [-0.05, 0) is 32.4 Å². The molecular formula is C12H21NO2S. The molecule has 2 N–H and O–H groups in total. The lowest BCUT2D eigenvalue weighted by atomic mass is 10.1. The van der Waals surface area contributed by atoms with E-state index >= 15 is 0 Å². The van der Waals surface area contributed by atoms with Crippen LogP contribution in [0.15, 0.2) is 12.1 Å². The maximum atomic E-state index is 5.94. The van der Waals surface area contributed by atoms with Crippen LogP contribution < -0.4 is 5.73 Å². The van der Waals surface area contributed by atoms with Crippen LogP contribution in [-0.2, 0) is 9.47 Å².